The molecular weight excluding hydrogens is 418 g/mol. The summed E-state index contributed by atoms with van der Waals surface area (Å²) in [5.74, 6) is 0.564. The van der Waals surface area contributed by atoms with E-state index in [-0.39, 0.29) is 24.2 Å². The Bertz CT molecular complexity index is 1350. The van der Waals surface area contributed by atoms with E-state index < -0.39 is 0 Å². The summed E-state index contributed by atoms with van der Waals surface area (Å²) in [6.45, 7) is 7.65. The maximum atomic E-state index is 13.9. The summed E-state index contributed by atoms with van der Waals surface area (Å²) in [5.41, 5.74) is 16.6. The minimum atomic E-state index is -0.385. The zero-order chi connectivity index (χ0) is 23.9. The van der Waals surface area contributed by atoms with Gasteiger partial charge in [-0.15, -0.1) is 0 Å². The van der Waals surface area contributed by atoms with E-state index in [1.807, 2.05) is 45.0 Å². The maximum absolute atomic E-state index is 13.9. The lowest BCUT2D eigenvalue weighted by Crippen LogP contribution is -2.43. The Kier molecular flexibility index (Phi) is 5.67. The quantitative estimate of drug-likeness (QED) is 0.633. The molecule has 1 aromatic carbocycles. The summed E-state index contributed by atoms with van der Waals surface area (Å²) in [6.07, 6.45) is 1.40. The second-order valence-electron chi connectivity index (χ2n) is 8.02. The van der Waals surface area contributed by atoms with Gasteiger partial charge in [-0.25, -0.2) is 14.6 Å². The molecule has 0 bridgehead atoms. The summed E-state index contributed by atoms with van der Waals surface area (Å²) >= 11 is 0. The van der Waals surface area contributed by atoms with Crippen LogP contribution < -0.4 is 16.4 Å². The smallest absolute Gasteiger partial charge is 0.282 e. The predicted octanol–water partition coefficient (Wildman–Crippen LogP) is 2.16. The molecule has 3 aromatic rings. The number of fused-ring (bicyclic) bond motifs is 1. The molecule has 4 rings (SSSR count). The van der Waals surface area contributed by atoms with Crippen molar-refractivity contribution < 1.29 is 4.79 Å². The first kappa shape index (κ1) is 22.1. The van der Waals surface area contributed by atoms with Gasteiger partial charge in [0.05, 0.1) is 22.8 Å². The number of nitrogen functional groups attached to an aromatic ring is 1. The van der Waals surface area contributed by atoms with Crippen molar-refractivity contribution in [3.05, 3.63) is 53.1 Å². The lowest BCUT2D eigenvalue weighted by molar-refractivity contribution is -0.111. The molecule has 10 heteroatoms. The zero-order valence-corrected chi connectivity index (χ0v) is 19.4. The normalized spacial score (nSPS) is 19.7. The first-order valence-electron chi connectivity index (χ1n) is 10.6. The summed E-state index contributed by atoms with van der Waals surface area (Å²) in [4.78, 5) is 33.1. The molecule has 0 radical (unpaired) electrons. The van der Waals surface area contributed by atoms with Crippen molar-refractivity contribution in [3.8, 4) is 0 Å². The standard InChI is InChI=1S/C23H27N9O/c1-12-8-6-7-9-16(12)32-17(29-14(3)18(13(2)24)20(26-5)23(32)33)10-31-22-19(15(4)30-31)21(25)27-11-28-22/h6-9,11,14H,10,24H2,1-5H3,(H2,25,27,28). The number of hydrogen-bond donors (Lipinski definition) is 2. The summed E-state index contributed by atoms with van der Waals surface area (Å²) in [7, 11) is 1.59. The summed E-state index contributed by atoms with van der Waals surface area (Å²) < 4.78 is 1.69. The Morgan fingerprint density at radius 2 is 1.94 bits per heavy atom. The molecule has 0 aliphatic carbocycles. The Labute approximate surface area is 191 Å². The molecule has 10 nitrogen and oxygen atoms in total. The number of nitrogens with two attached hydrogens (primary N) is 2. The van der Waals surface area contributed by atoms with Gasteiger partial charge in [-0.3, -0.25) is 19.7 Å². The number of carbonyl (C=O) groups is 1. The van der Waals surface area contributed by atoms with E-state index in [1.165, 1.54) is 6.33 Å². The maximum Gasteiger partial charge on any atom is 0.282 e. The van der Waals surface area contributed by atoms with Crippen LogP contribution in [0.5, 0.6) is 0 Å². The second kappa shape index (κ2) is 8.45. The van der Waals surface area contributed by atoms with Gasteiger partial charge < -0.3 is 11.5 Å². The molecule has 0 saturated carbocycles. The molecule has 170 valence electrons. The third-order valence-corrected chi connectivity index (χ3v) is 5.71. The fourth-order valence-electron chi connectivity index (χ4n) is 4.24. The van der Waals surface area contributed by atoms with Gasteiger partial charge in [0, 0.05) is 18.3 Å². The Hall–Kier alpha value is -4.08. The van der Waals surface area contributed by atoms with Gasteiger partial charge in [0.2, 0.25) is 0 Å². The molecule has 0 fully saturated rings. The largest absolute Gasteiger partial charge is 0.402 e. The first-order chi connectivity index (χ1) is 15.7. The van der Waals surface area contributed by atoms with Crippen LogP contribution in [0.3, 0.4) is 0 Å². The molecule has 0 spiro atoms. The van der Waals surface area contributed by atoms with Crippen LogP contribution in [0.1, 0.15) is 25.1 Å². The van der Waals surface area contributed by atoms with E-state index in [1.54, 1.807) is 23.6 Å². The first-order valence-corrected chi connectivity index (χ1v) is 10.6. The van der Waals surface area contributed by atoms with Crippen LogP contribution in [-0.4, -0.2) is 50.3 Å². The fraction of sp³-hybridized carbons (Fsp3) is 0.304. The van der Waals surface area contributed by atoms with E-state index in [9.17, 15) is 4.79 Å². The molecule has 2 aromatic heterocycles. The van der Waals surface area contributed by atoms with Gasteiger partial charge >= 0.3 is 0 Å². The minimum absolute atomic E-state index is 0.194. The SMILES string of the molecule is CN=C1C(=O)N(c2ccccc2C)C(Cn2nc(C)c3c(N)ncnc32)=NC(C)C1=C(C)N. The van der Waals surface area contributed by atoms with Crippen LogP contribution >= 0.6 is 0 Å². The number of rotatable bonds is 3. The number of amidine groups is 1. The lowest BCUT2D eigenvalue weighted by Gasteiger charge is -2.25. The number of amides is 1. The molecule has 1 aliphatic heterocycles. The van der Waals surface area contributed by atoms with Crippen LogP contribution in [-0.2, 0) is 11.3 Å². The highest BCUT2D eigenvalue weighted by Crippen LogP contribution is 2.28. The van der Waals surface area contributed by atoms with E-state index in [0.717, 1.165) is 5.56 Å². The molecular formula is C23H27N9O. The van der Waals surface area contributed by atoms with Crippen LogP contribution in [0, 0.1) is 13.8 Å². The highest BCUT2D eigenvalue weighted by Gasteiger charge is 2.35. The van der Waals surface area contributed by atoms with Crippen LogP contribution in [0.15, 0.2) is 51.8 Å². The number of carbonyl (C=O) groups excluding carboxylic acids is 1. The zero-order valence-electron chi connectivity index (χ0n) is 19.4. The topological polar surface area (TPSA) is 141 Å². The van der Waals surface area contributed by atoms with Crippen molar-refractivity contribution in [2.45, 2.75) is 40.3 Å². The number of nitrogens with zero attached hydrogens (tertiary/aromatic N) is 7. The number of para-hydroxylation sites is 1. The molecule has 1 atom stereocenters. The molecule has 33 heavy (non-hydrogen) atoms. The second-order valence-corrected chi connectivity index (χ2v) is 8.02. The van der Waals surface area contributed by atoms with Crippen molar-refractivity contribution in [1.82, 2.24) is 19.7 Å². The van der Waals surface area contributed by atoms with Crippen molar-refractivity contribution in [2.75, 3.05) is 17.7 Å². The van der Waals surface area contributed by atoms with Crippen molar-refractivity contribution >= 4 is 40.0 Å². The van der Waals surface area contributed by atoms with Gasteiger partial charge in [0.15, 0.2) is 5.65 Å². The molecule has 3 heterocycles. The number of benzene rings is 1. The highest BCUT2D eigenvalue weighted by molar-refractivity contribution is 6.54. The number of hydrogen-bond acceptors (Lipinski definition) is 8. The van der Waals surface area contributed by atoms with Gasteiger partial charge in [0.25, 0.3) is 5.91 Å². The lowest BCUT2D eigenvalue weighted by atomic mass is 10.0. The van der Waals surface area contributed by atoms with Crippen LogP contribution in [0.2, 0.25) is 0 Å². The van der Waals surface area contributed by atoms with Crippen molar-refractivity contribution in [2.24, 2.45) is 15.7 Å². The van der Waals surface area contributed by atoms with E-state index in [0.29, 0.717) is 45.3 Å². The van der Waals surface area contributed by atoms with E-state index >= 15 is 0 Å². The molecule has 4 N–H and O–H groups in total. The molecule has 0 saturated heterocycles. The van der Waals surface area contributed by atoms with Gasteiger partial charge in [-0.1, -0.05) is 18.2 Å². The number of anilines is 2. The number of aliphatic imine (C=N–C) groups is 2. The predicted molar refractivity (Wildman–Crippen MR) is 130 cm³/mol. The van der Waals surface area contributed by atoms with Gasteiger partial charge in [-0.2, -0.15) is 5.10 Å². The number of aryl methyl sites for hydroxylation is 2. The Morgan fingerprint density at radius 3 is 2.61 bits per heavy atom. The van der Waals surface area contributed by atoms with Crippen LogP contribution in [0.4, 0.5) is 11.5 Å². The van der Waals surface area contributed by atoms with E-state index in [2.05, 4.69) is 20.1 Å². The monoisotopic (exact) mass is 445 g/mol. The fourth-order valence-corrected chi connectivity index (χ4v) is 4.24. The number of aromatic nitrogens is 4. The molecule has 1 unspecified atom stereocenters. The average Bonchev–Trinajstić information content (AvgIpc) is 3.03. The minimum Gasteiger partial charge on any atom is -0.402 e. The van der Waals surface area contributed by atoms with Crippen molar-refractivity contribution in [1.29, 1.82) is 0 Å². The van der Waals surface area contributed by atoms with Crippen molar-refractivity contribution in [3.63, 3.8) is 0 Å². The third-order valence-electron chi connectivity index (χ3n) is 5.71. The van der Waals surface area contributed by atoms with Gasteiger partial charge in [0.1, 0.15) is 30.2 Å². The number of allylic oxidation sites excluding steroid dienone is 1. The molecule has 1 amide bonds. The summed E-state index contributed by atoms with van der Waals surface area (Å²) in [5, 5.41) is 5.30. The van der Waals surface area contributed by atoms with Gasteiger partial charge in [-0.05, 0) is 39.3 Å². The third kappa shape index (κ3) is 3.73. The van der Waals surface area contributed by atoms with E-state index in [4.69, 9.17) is 16.5 Å². The Morgan fingerprint density at radius 1 is 1.21 bits per heavy atom. The van der Waals surface area contributed by atoms with Crippen LogP contribution in [0.25, 0.3) is 11.0 Å². The Balaban J connectivity index is 1.94. The molecule has 1 aliphatic rings. The average molecular weight is 446 g/mol. The summed E-state index contributed by atoms with van der Waals surface area (Å²) in [6, 6.07) is 7.26. The highest BCUT2D eigenvalue weighted by atomic mass is 16.2.